The normalized spacial score (nSPS) is 14.2. The minimum absolute atomic E-state index is 0.0158. The fourth-order valence-electron chi connectivity index (χ4n) is 2.97. The van der Waals surface area contributed by atoms with Crippen molar-refractivity contribution in [1.29, 1.82) is 0 Å². The standard InChI is InChI=1S/C20H24ClN3O2/c1-15-6-7-16(21)14-18(15)22-9-8-20(25)23-17-4-2-3-5-19(17)24-10-12-26-13-11-24/h2-7,14,22H,8-13H2,1H3,(H,23,25). The minimum Gasteiger partial charge on any atom is -0.384 e. The molecule has 0 unspecified atom stereocenters. The predicted octanol–water partition coefficient (Wildman–Crippen LogP) is 3.93. The summed E-state index contributed by atoms with van der Waals surface area (Å²) in [7, 11) is 0. The number of hydrogen-bond acceptors (Lipinski definition) is 4. The molecule has 2 N–H and O–H groups in total. The molecular formula is C20H24ClN3O2. The lowest BCUT2D eigenvalue weighted by Gasteiger charge is -2.30. The number of halogens is 1. The zero-order valence-electron chi connectivity index (χ0n) is 14.9. The number of hydrogen-bond donors (Lipinski definition) is 2. The van der Waals surface area contributed by atoms with E-state index in [1.54, 1.807) is 0 Å². The van der Waals surface area contributed by atoms with Crippen LogP contribution in [-0.2, 0) is 9.53 Å². The molecule has 0 saturated carbocycles. The molecule has 1 aliphatic heterocycles. The van der Waals surface area contributed by atoms with Crippen LogP contribution in [0.25, 0.3) is 0 Å². The Balaban J connectivity index is 1.56. The molecule has 0 aromatic heterocycles. The van der Waals surface area contributed by atoms with Crippen LogP contribution >= 0.6 is 11.6 Å². The molecule has 26 heavy (non-hydrogen) atoms. The van der Waals surface area contributed by atoms with Crippen molar-refractivity contribution in [3.05, 3.63) is 53.1 Å². The average Bonchev–Trinajstić information content (AvgIpc) is 2.66. The maximum atomic E-state index is 12.4. The molecule has 3 rings (SSSR count). The molecule has 1 fully saturated rings. The first kappa shape index (κ1) is 18.5. The number of para-hydroxylation sites is 2. The van der Waals surface area contributed by atoms with Gasteiger partial charge in [-0.15, -0.1) is 0 Å². The molecule has 138 valence electrons. The van der Waals surface area contributed by atoms with E-state index in [4.69, 9.17) is 16.3 Å². The van der Waals surface area contributed by atoms with Crippen LogP contribution in [0.3, 0.4) is 0 Å². The Bertz CT molecular complexity index is 760. The fraction of sp³-hybridized carbons (Fsp3) is 0.350. The quantitative estimate of drug-likeness (QED) is 0.805. The van der Waals surface area contributed by atoms with Crippen molar-refractivity contribution in [3.8, 4) is 0 Å². The van der Waals surface area contributed by atoms with Crippen molar-refractivity contribution in [2.24, 2.45) is 0 Å². The minimum atomic E-state index is -0.0158. The first-order valence-electron chi connectivity index (χ1n) is 8.85. The SMILES string of the molecule is Cc1ccc(Cl)cc1NCCC(=O)Nc1ccccc1N1CCOCC1. The number of benzene rings is 2. The van der Waals surface area contributed by atoms with Crippen LogP contribution in [0.2, 0.25) is 5.02 Å². The Morgan fingerprint density at radius 1 is 1.15 bits per heavy atom. The second kappa shape index (κ2) is 8.92. The highest BCUT2D eigenvalue weighted by Crippen LogP contribution is 2.26. The fourth-order valence-corrected chi connectivity index (χ4v) is 3.14. The average molecular weight is 374 g/mol. The number of carbonyl (C=O) groups excluding carboxylic acids is 1. The molecule has 1 amide bonds. The highest BCUT2D eigenvalue weighted by atomic mass is 35.5. The summed E-state index contributed by atoms with van der Waals surface area (Å²) >= 11 is 6.02. The van der Waals surface area contributed by atoms with E-state index in [1.807, 2.05) is 49.4 Å². The summed E-state index contributed by atoms with van der Waals surface area (Å²) in [6.07, 6.45) is 0.378. The number of rotatable bonds is 6. The highest BCUT2D eigenvalue weighted by Gasteiger charge is 2.15. The predicted molar refractivity (Wildman–Crippen MR) is 107 cm³/mol. The van der Waals surface area contributed by atoms with Crippen molar-refractivity contribution >= 4 is 34.6 Å². The molecule has 5 nitrogen and oxygen atoms in total. The number of nitrogens with zero attached hydrogens (tertiary/aromatic N) is 1. The van der Waals surface area contributed by atoms with Crippen molar-refractivity contribution in [2.75, 3.05) is 48.4 Å². The van der Waals surface area contributed by atoms with Crippen molar-refractivity contribution in [1.82, 2.24) is 0 Å². The van der Waals surface area contributed by atoms with Gasteiger partial charge >= 0.3 is 0 Å². The lowest BCUT2D eigenvalue weighted by atomic mass is 10.2. The summed E-state index contributed by atoms with van der Waals surface area (Å²) in [5, 5.41) is 6.99. The summed E-state index contributed by atoms with van der Waals surface area (Å²) in [5.74, 6) is -0.0158. The van der Waals surface area contributed by atoms with Gasteiger partial charge in [0.05, 0.1) is 24.6 Å². The smallest absolute Gasteiger partial charge is 0.226 e. The molecule has 2 aromatic carbocycles. The molecule has 0 atom stereocenters. The molecule has 0 radical (unpaired) electrons. The Labute approximate surface area is 159 Å². The second-order valence-electron chi connectivity index (χ2n) is 6.30. The monoisotopic (exact) mass is 373 g/mol. The van der Waals surface area contributed by atoms with E-state index in [2.05, 4.69) is 15.5 Å². The molecular weight excluding hydrogens is 350 g/mol. The van der Waals surface area contributed by atoms with Crippen molar-refractivity contribution in [2.45, 2.75) is 13.3 Å². The van der Waals surface area contributed by atoms with E-state index in [9.17, 15) is 4.79 Å². The number of aryl methyl sites for hydroxylation is 1. The largest absolute Gasteiger partial charge is 0.384 e. The summed E-state index contributed by atoms with van der Waals surface area (Å²) in [6.45, 7) is 5.66. The maximum Gasteiger partial charge on any atom is 0.226 e. The Morgan fingerprint density at radius 3 is 2.73 bits per heavy atom. The lowest BCUT2D eigenvalue weighted by Crippen LogP contribution is -2.36. The van der Waals surface area contributed by atoms with Gasteiger partial charge < -0.3 is 20.3 Å². The van der Waals surface area contributed by atoms with E-state index >= 15 is 0 Å². The topological polar surface area (TPSA) is 53.6 Å². The van der Waals surface area contributed by atoms with Crippen LogP contribution in [0.1, 0.15) is 12.0 Å². The third kappa shape index (κ3) is 4.90. The number of morpholine rings is 1. The van der Waals surface area contributed by atoms with Crippen LogP contribution in [0, 0.1) is 6.92 Å². The van der Waals surface area contributed by atoms with E-state index in [0.29, 0.717) is 31.2 Å². The highest BCUT2D eigenvalue weighted by molar-refractivity contribution is 6.30. The van der Waals surface area contributed by atoms with Crippen LogP contribution in [0.15, 0.2) is 42.5 Å². The zero-order chi connectivity index (χ0) is 18.4. The molecule has 0 aliphatic carbocycles. The van der Waals surface area contributed by atoms with Gasteiger partial charge in [-0.1, -0.05) is 29.8 Å². The second-order valence-corrected chi connectivity index (χ2v) is 6.74. The molecule has 2 aromatic rings. The molecule has 0 bridgehead atoms. The van der Waals surface area contributed by atoms with Gasteiger partial charge in [0.1, 0.15) is 0 Å². The molecule has 0 spiro atoms. The Morgan fingerprint density at radius 2 is 1.92 bits per heavy atom. The molecule has 1 saturated heterocycles. The Kier molecular flexibility index (Phi) is 6.36. The number of nitrogens with one attached hydrogen (secondary N) is 2. The van der Waals surface area contributed by atoms with Gasteiger partial charge in [-0.05, 0) is 36.8 Å². The van der Waals surface area contributed by atoms with E-state index in [1.165, 1.54) is 0 Å². The molecule has 6 heteroatoms. The number of ether oxygens (including phenoxy) is 1. The number of anilines is 3. The van der Waals surface area contributed by atoms with Crippen LogP contribution in [0.5, 0.6) is 0 Å². The summed E-state index contributed by atoms with van der Waals surface area (Å²) in [6, 6.07) is 13.6. The van der Waals surface area contributed by atoms with E-state index in [-0.39, 0.29) is 5.91 Å². The van der Waals surface area contributed by atoms with Gasteiger partial charge in [0.2, 0.25) is 5.91 Å². The van der Waals surface area contributed by atoms with Crippen LogP contribution in [0.4, 0.5) is 17.1 Å². The summed E-state index contributed by atoms with van der Waals surface area (Å²) in [5.41, 5.74) is 3.95. The first-order chi connectivity index (χ1) is 12.6. The van der Waals surface area contributed by atoms with Crippen LogP contribution in [-0.4, -0.2) is 38.8 Å². The van der Waals surface area contributed by atoms with Crippen molar-refractivity contribution in [3.63, 3.8) is 0 Å². The van der Waals surface area contributed by atoms with E-state index < -0.39 is 0 Å². The summed E-state index contributed by atoms with van der Waals surface area (Å²) < 4.78 is 5.41. The molecule has 1 aliphatic rings. The van der Waals surface area contributed by atoms with Crippen molar-refractivity contribution < 1.29 is 9.53 Å². The van der Waals surface area contributed by atoms with Gasteiger partial charge in [-0.25, -0.2) is 0 Å². The zero-order valence-corrected chi connectivity index (χ0v) is 15.7. The van der Waals surface area contributed by atoms with Gasteiger partial charge in [0.15, 0.2) is 0 Å². The lowest BCUT2D eigenvalue weighted by molar-refractivity contribution is -0.115. The third-order valence-electron chi connectivity index (χ3n) is 4.40. The molecule has 1 heterocycles. The summed E-state index contributed by atoms with van der Waals surface area (Å²) in [4.78, 5) is 14.6. The van der Waals surface area contributed by atoms with Gasteiger partial charge in [0, 0.05) is 36.8 Å². The number of carbonyl (C=O) groups is 1. The van der Waals surface area contributed by atoms with E-state index in [0.717, 1.165) is 35.7 Å². The van der Waals surface area contributed by atoms with Gasteiger partial charge in [-0.3, -0.25) is 4.79 Å². The van der Waals surface area contributed by atoms with Gasteiger partial charge in [0.25, 0.3) is 0 Å². The van der Waals surface area contributed by atoms with Gasteiger partial charge in [-0.2, -0.15) is 0 Å². The first-order valence-corrected chi connectivity index (χ1v) is 9.23. The Hall–Kier alpha value is -2.24. The van der Waals surface area contributed by atoms with Crippen LogP contribution < -0.4 is 15.5 Å². The number of amides is 1. The third-order valence-corrected chi connectivity index (χ3v) is 4.63. The maximum absolute atomic E-state index is 12.4.